The number of hydrogen-bond acceptors (Lipinski definition) is 3. The lowest BCUT2D eigenvalue weighted by Gasteiger charge is -2.23. The van der Waals surface area contributed by atoms with Crippen LogP contribution in [0.1, 0.15) is 32.1 Å². The van der Waals surface area contributed by atoms with Gasteiger partial charge in [0.15, 0.2) is 0 Å². The van der Waals surface area contributed by atoms with Gasteiger partial charge in [-0.3, -0.25) is 9.59 Å². The van der Waals surface area contributed by atoms with Crippen molar-refractivity contribution in [3.05, 3.63) is 0 Å². The van der Waals surface area contributed by atoms with E-state index in [0.29, 0.717) is 12.5 Å². The van der Waals surface area contributed by atoms with Crippen LogP contribution in [0.25, 0.3) is 0 Å². The molecular formula is C13H21N3O2. The van der Waals surface area contributed by atoms with Crippen molar-refractivity contribution in [3.63, 3.8) is 0 Å². The molecule has 3 fully saturated rings. The van der Waals surface area contributed by atoms with E-state index in [-0.39, 0.29) is 23.8 Å². The van der Waals surface area contributed by atoms with Gasteiger partial charge >= 0.3 is 0 Å². The van der Waals surface area contributed by atoms with Crippen LogP contribution in [0.2, 0.25) is 0 Å². The molecule has 2 heterocycles. The molecule has 5 heteroatoms. The molecule has 3 aliphatic rings. The summed E-state index contributed by atoms with van der Waals surface area (Å²) in [4.78, 5) is 25.8. The Morgan fingerprint density at radius 1 is 1.33 bits per heavy atom. The Morgan fingerprint density at radius 2 is 2.17 bits per heavy atom. The Kier molecular flexibility index (Phi) is 3.24. The number of piperidine rings is 1. The lowest BCUT2D eigenvalue weighted by atomic mass is 9.98. The van der Waals surface area contributed by atoms with Gasteiger partial charge in [0.25, 0.3) is 0 Å². The zero-order chi connectivity index (χ0) is 12.5. The van der Waals surface area contributed by atoms with Crippen LogP contribution in [-0.4, -0.2) is 48.4 Å². The summed E-state index contributed by atoms with van der Waals surface area (Å²) in [6.07, 6.45) is 4.79. The standard InChI is InChI=1S/C13H21N3O2/c17-12-6-10(8-16(12)11-3-4-11)15-13(18)9-2-1-5-14-7-9/h9-11,14H,1-8H2,(H,15,18). The first-order chi connectivity index (χ1) is 8.74. The molecule has 2 N–H and O–H groups in total. The number of nitrogens with zero attached hydrogens (tertiary/aromatic N) is 1. The first kappa shape index (κ1) is 12.0. The van der Waals surface area contributed by atoms with Gasteiger partial charge in [0.2, 0.25) is 11.8 Å². The molecule has 18 heavy (non-hydrogen) atoms. The average Bonchev–Trinajstić information content (AvgIpc) is 3.15. The Bertz CT molecular complexity index is 348. The van der Waals surface area contributed by atoms with E-state index in [2.05, 4.69) is 10.6 Å². The van der Waals surface area contributed by atoms with Crippen LogP contribution in [0.15, 0.2) is 0 Å². The maximum absolute atomic E-state index is 12.1. The topological polar surface area (TPSA) is 61.4 Å². The van der Waals surface area contributed by atoms with Gasteiger partial charge in [0, 0.05) is 25.6 Å². The zero-order valence-electron chi connectivity index (χ0n) is 10.7. The summed E-state index contributed by atoms with van der Waals surface area (Å²) in [6, 6.07) is 0.503. The third kappa shape index (κ3) is 2.51. The van der Waals surface area contributed by atoms with Gasteiger partial charge in [-0.25, -0.2) is 0 Å². The Hall–Kier alpha value is -1.10. The zero-order valence-corrected chi connectivity index (χ0v) is 10.7. The summed E-state index contributed by atoms with van der Waals surface area (Å²) in [6.45, 7) is 2.51. The molecule has 0 bridgehead atoms. The largest absolute Gasteiger partial charge is 0.351 e. The van der Waals surface area contributed by atoms with Crippen LogP contribution in [0.4, 0.5) is 0 Å². The van der Waals surface area contributed by atoms with E-state index in [4.69, 9.17) is 0 Å². The minimum atomic E-state index is 0.0347. The fourth-order valence-electron chi connectivity index (χ4n) is 2.96. The Labute approximate surface area is 107 Å². The summed E-state index contributed by atoms with van der Waals surface area (Å²) in [5, 5.41) is 6.30. The Balaban J connectivity index is 1.50. The quantitative estimate of drug-likeness (QED) is 0.734. The molecule has 100 valence electrons. The van der Waals surface area contributed by atoms with Gasteiger partial charge in [-0.2, -0.15) is 0 Å². The van der Waals surface area contributed by atoms with Crippen molar-refractivity contribution in [2.75, 3.05) is 19.6 Å². The molecule has 3 rings (SSSR count). The highest BCUT2D eigenvalue weighted by atomic mass is 16.2. The van der Waals surface area contributed by atoms with Crippen molar-refractivity contribution < 1.29 is 9.59 Å². The molecule has 0 aromatic heterocycles. The van der Waals surface area contributed by atoms with Crippen LogP contribution in [-0.2, 0) is 9.59 Å². The van der Waals surface area contributed by atoms with Gasteiger partial charge in [-0.1, -0.05) is 0 Å². The number of carbonyl (C=O) groups excluding carboxylic acids is 2. The van der Waals surface area contributed by atoms with Crippen LogP contribution < -0.4 is 10.6 Å². The normalized spacial score (nSPS) is 32.7. The highest BCUT2D eigenvalue weighted by Gasteiger charge is 2.40. The molecule has 0 spiro atoms. The van der Waals surface area contributed by atoms with Crippen molar-refractivity contribution in [1.82, 2.24) is 15.5 Å². The van der Waals surface area contributed by atoms with Crippen molar-refractivity contribution >= 4 is 11.8 Å². The third-order valence-corrected chi connectivity index (χ3v) is 4.16. The van der Waals surface area contributed by atoms with E-state index in [1.165, 1.54) is 0 Å². The maximum Gasteiger partial charge on any atom is 0.225 e. The third-order valence-electron chi connectivity index (χ3n) is 4.16. The number of likely N-dealkylation sites (tertiary alicyclic amines) is 1. The number of rotatable bonds is 3. The van der Waals surface area contributed by atoms with E-state index in [1.807, 2.05) is 4.90 Å². The van der Waals surface area contributed by atoms with E-state index >= 15 is 0 Å². The number of hydrogen-bond donors (Lipinski definition) is 2. The number of nitrogens with one attached hydrogen (secondary N) is 2. The molecule has 0 radical (unpaired) electrons. The molecular weight excluding hydrogens is 230 g/mol. The fraction of sp³-hybridized carbons (Fsp3) is 0.846. The second-order valence-electron chi connectivity index (χ2n) is 5.73. The predicted octanol–water partition coefficient (Wildman–Crippen LogP) is -0.134. The van der Waals surface area contributed by atoms with Crippen molar-refractivity contribution in [3.8, 4) is 0 Å². The summed E-state index contributed by atoms with van der Waals surface area (Å²) in [7, 11) is 0. The molecule has 0 aromatic carbocycles. The van der Waals surface area contributed by atoms with Gasteiger partial charge in [0.1, 0.15) is 0 Å². The van der Waals surface area contributed by atoms with Crippen LogP contribution in [0, 0.1) is 5.92 Å². The highest BCUT2D eigenvalue weighted by Crippen LogP contribution is 2.30. The number of amides is 2. The summed E-state index contributed by atoms with van der Waals surface area (Å²) < 4.78 is 0. The van der Waals surface area contributed by atoms with Crippen molar-refractivity contribution in [2.24, 2.45) is 5.92 Å². The highest BCUT2D eigenvalue weighted by molar-refractivity contribution is 5.83. The monoisotopic (exact) mass is 251 g/mol. The molecule has 0 aromatic rings. The lowest BCUT2D eigenvalue weighted by molar-refractivity contribution is -0.128. The van der Waals surface area contributed by atoms with Gasteiger partial charge in [-0.05, 0) is 32.2 Å². The molecule has 2 unspecified atom stereocenters. The SMILES string of the molecule is O=C(NC1CC(=O)N(C2CC2)C1)C1CCCNC1. The summed E-state index contributed by atoms with van der Waals surface area (Å²) in [5.41, 5.74) is 0. The summed E-state index contributed by atoms with van der Waals surface area (Å²) >= 11 is 0. The second kappa shape index (κ2) is 4.88. The van der Waals surface area contributed by atoms with E-state index in [9.17, 15) is 9.59 Å². The molecule has 2 saturated heterocycles. The maximum atomic E-state index is 12.1. The van der Waals surface area contributed by atoms with Crippen molar-refractivity contribution in [1.29, 1.82) is 0 Å². The minimum absolute atomic E-state index is 0.0347. The molecule has 5 nitrogen and oxygen atoms in total. The Morgan fingerprint density at radius 3 is 2.83 bits per heavy atom. The van der Waals surface area contributed by atoms with Crippen molar-refractivity contribution in [2.45, 2.75) is 44.2 Å². The van der Waals surface area contributed by atoms with Crippen LogP contribution >= 0.6 is 0 Å². The molecule has 2 aliphatic heterocycles. The van der Waals surface area contributed by atoms with Gasteiger partial charge < -0.3 is 15.5 Å². The lowest BCUT2D eigenvalue weighted by Crippen LogP contribution is -2.45. The molecule has 2 amide bonds. The van der Waals surface area contributed by atoms with Gasteiger partial charge in [0.05, 0.1) is 12.0 Å². The fourth-order valence-corrected chi connectivity index (χ4v) is 2.96. The first-order valence-electron chi connectivity index (χ1n) is 7.04. The van der Waals surface area contributed by atoms with E-state index in [1.54, 1.807) is 0 Å². The molecule has 1 aliphatic carbocycles. The van der Waals surface area contributed by atoms with Crippen LogP contribution in [0.3, 0.4) is 0 Å². The van der Waals surface area contributed by atoms with E-state index < -0.39 is 0 Å². The smallest absolute Gasteiger partial charge is 0.225 e. The second-order valence-corrected chi connectivity index (χ2v) is 5.73. The minimum Gasteiger partial charge on any atom is -0.351 e. The van der Waals surface area contributed by atoms with Crippen LogP contribution in [0.5, 0.6) is 0 Å². The summed E-state index contributed by atoms with van der Waals surface area (Å²) in [5.74, 6) is 0.422. The first-order valence-corrected chi connectivity index (χ1v) is 7.04. The predicted molar refractivity (Wildman–Crippen MR) is 66.9 cm³/mol. The average molecular weight is 251 g/mol. The van der Waals surface area contributed by atoms with Gasteiger partial charge in [-0.15, -0.1) is 0 Å². The molecule has 1 saturated carbocycles. The molecule has 2 atom stereocenters. The number of carbonyl (C=O) groups is 2. The van der Waals surface area contributed by atoms with E-state index in [0.717, 1.165) is 45.3 Å².